The summed E-state index contributed by atoms with van der Waals surface area (Å²) in [4.78, 5) is 47.0. The number of unbranched alkanes of at least 4 members (excludes halogenated alkanes) is 18. The van der Waals surface area contributed by atoms with Gasteiger partial charge in [-0.1, -0.05) is 122 Å². The Morgan fingerprint density at radius 3 is 1.66 bits per heavy atom. The summed E-state index contributed by atoms with van der Waals surface area (Å²) in [7, 11) is 0. The van der Waals surface area contributed by atoms with E-state index in [1.54, 1.807) is 0 Å². The molecule has 2 unspecified atom stereocenters. The molecule has 0 spiro atoms. The molecule has 0 aromatic carbocycles. The molecule has 0 aliphatic heterocycles. The SMILES string of the molecule is CCCCCCCC/C=C\CCCCCCCCCCCC(=O)OC(CCCC)CCCCCC(=O)NCC(=O)NC(CO)C(=O)O. The van der Waals surface area contributed by atoms with Gasteiger partial charge in [0.25, 0.3) is 0 Å². The monoisotopic (exact) mass is 667 g/mol. The Morgan fingerprint density at radius 2 is 1.11 bits per heavy atom. The number of aliphatic hydroxyl groups is 1. The van der Waals surface area contributed by atoms with E-state index in [4.69, 9.17) is 14.9 Å². The van der Waals surface area contributed by atoms with Crippen molar-refractivity contribution in [1.82, 2.24) is 10.6 Å². The number of esters is 1. The molecule has 9 heteroatoms. The molecule has 2 atom stereocenters. The molecule has 9 nitrogen and oxygen atoms in total. The van der Waals surface area contributed by atoms with Gasteiger partial charge < -0.3 is 25.6 Å². The van der Waals surface area contributed by atoms with Crippen LogP contribution < -0.4 is 10.6 Å². The molecule has 0 rings (SSSR count). The molecule has 0 bridgehead atoms. The van der Waals surface area contributed by atoms with Gasteiger partial charge in [-0.25, -0.2) is 4.79 Å². The Morgan fingerprint density at radius 1 is 0.617 bits per heavy atom. The number of ether oxygens (including phenoxy) is 1. The predicted molar refractivity (Wildman–Crippen MR) is 190 cm³/mol. The summed E-state index contributed by atoms with van der Waals surface area (Å²) in [6, 6.07) is -1.39. The Balaban J connectivity index is 3.81. The average molecular weight is 667 g/mol. The van der Waals surface area contributed by atoms with Crippen LogP contribution in [0, 0.1) is 0 Å². The standard InChI is InChI=1S/C38H70N2O7/c1-3-5-7-8-9-10-11-12-13-14-15-16-17-18-19-20-21-22-26-30-37(44)47-33(27-6-4-2)28-24-23-25-29-35(42)39-31-36(43)40-34(32-41)38(45)46/h12-13,33-34,41H,3-11,14-32H2,1-2H3,(H,39,42)(H,40,43)(H,45,46)/b13-12-. The fourth-order valence-electron chi connectivity index (χ4n) is 5.52. The lowest BCUT2D eigenvalue weighted by molar-refractivity contribution is -0.150. The van der Waals surface area contributed by atoms with Crippen molar-refractivity contribution in [2.24, 2.45) is 0 Å². The number of carbonyl (C=O) groups excluding carboxylic acids is 3. The van der Waals surface area contributed by atoms with Crippen molar-refractivity contribution >= 4 is 23.8 Å². The number of nitrogens with one attached hydrogen (secondary N) is 2. The highest BCUT2D eigenvalue weighted by molar-refractivity contribution is 5.87. The zero-order valence-electron chi connectivity index (χ0n) is 30.0. The number of amides is 2. The summed E-state index contributed by atoms with van der Waals surface area (Å²) in [6.07, 6.45) is 33.0. The molecular weight excluding hydrogens is 596 g/mol. The van der Waals surface area contributed by atoms with E-state index >= 15 is 0 Å². The predicted octanol–water partition coefficient (Wildman–Crippen LogP) is 8.31. The highest BCUT2D eigenvalue weighted by atomic mass is 16.5. The lowest BCUT2D eigenvalue weighted by Crippen LogP contribution is -2.47. The molecule has 0 fully saturated rings. The molecule has 47 heavy (non-hydrogen) atoms. The number of carboxylic acids is 1. The van der Waals surface area contributed by atoms with Crippen molar-refractivity contribution in [3.63, 3.8) is 0 Å². The number of hydrogen-bond donors (Lipinski definition) is 4. The summed E-state index contributed by atoms with van der Waals surface area (Å²) in [6.45, 7) is 3.33. The van der Waals surface area contributed by atoms with Crippen LogP contribution in [0.2, 0.25) is 0 Å². The third-order valence-corrected chi connectivity index (χ3v) is 8.51. The molecule has 0 aromatic heterocycles. The van der Waals surface area contributed by atoms with Gasteiger partial charge in [-0.2, -0.15) is 0 Å². The lowest BCUT2D eigenvalue weighted by Gasteiger charge is -2.18. The number of hydrogen-bond acceptors (Lipinski definition) is 6. The first-order chi connectivity index (χ1) is 22.8. The lowest BCUT2D eigenvalue weighted by atomic mass is 10.0. The molecule has 0 heterocycles. The van der Waals surface area contributed by atoms with E-state index in [1.807, 2.05) is 0 Å². The molecule has 0 aliphatic rings. The van der Waals surface area contributed by atoms with E-state index in [9.17, 15) is 19.2 Å². The van der Waals surface area contributed by atoms with E-state index in [1.165, 1.54) is 96.3 Å². The molecular formula is C38H70N2O7. The minimum absolute atomic E-state index is 0.0792. The summed E-state index contributed by atoms with van der Waals surface area (Å²) < 4.78 is 5.81. The van der Waals surface area contributed by atoms with Crippen LogP contribution in [0.5, 0.6) is 0 Å². The van der Waals surface area contributed by atoms with Crippen molar-refractivity contribution in [2.75, 3.05) is 13.2 Å². The Bertz CT molecular complexity index is 818. The second-order valence-corrected chi connectivity index (χ2v) is 13.0. The van der Waals surface area contributed by atoms with Crippen LogP contribution in [-0.4, -0.2) is 59.3 Å². The van der Waals surface area contributed by atoms with E-state index in [-0.39, 0.29) is 30.9 Å². The fraction of sp³-hybridized carbons (Fsp3) is 0.842. The zero-order chi connectivity index (χ0) is 34.8. The van der Waals surface area contributed by atoms with E-state index in [0.29, 0.717) is 12.8 Å². The van der Waals surface area contributed by atoms with Crippen molar-refractivity contribution in [3.05, 3.63) is 12.2 Å². The number of carbonyl (C=O) groups is 4. The summed E-state index contributed by atoms with van der Waals surface area (Å²) in [5.41, 5.74) is 0. The molecule has 0 aromatic rings. The fourth-order valence-corrected chi connectivity index (χ4v) is 5.52. The van der Waals surface area contributed by atoms with Gasteiger partial charge in [-0.15, -0.1) is 0 Å². The van der Waals surface area contributed by atoms with Crippen molar-refractivity contribution in [2.45, 2.75) is 193 Å². The van der Waals surface area contributed by atoms with Crippen LogP contribution in [0.4, 0.5) is 0 Å². The second kappa shape index (κ2) is 33.5. The minimum Gasteiger partial charge on any atom is -0.480 e. The van der Waals surface area contributed by atoms with Crippen LogP contribution in [0.3, 0.4) is 0 Å². The van der Waals surface area contributed by atoms with Crippen LogP contribution in [0.1, 0.15) is 181 Å². The second-order valence-electron chi connectivity index (χ2n) is 13.0. The quantitative estimate of drug-likeness (QED) is 0.0307. The van der Waals surface area contributed by atoms with Gasteiger partial charge >= 0.3 is 11.9 Å². The number of aliphatic carboxylic acids is 1. The van der Waals surface area contributed by atoms with Crippen LogP contribution in [-0.2, 0) is 23.9 Å². The number of aliphatic hydroxyl groups excluding tert-OH is 1. The first kappa shape index (κ1) is 44.6. The average Bonchev–Trinajstić information content (AvgIpc) is 3.05. The maximum atomic E-state index is 12.5. The third kappa shape index (κ3) is 30.7. The van der Waals surface area contributed by atoms with Gasteiger partial charge in [0.1, 0.15) is 12.1 Å². The molecule has 0 aliphatic carbocycles. The minimum atomic E-state index is -1.39. The first-order valence-electron chi connectivity index (χ1n) is 19.1. The van der Waals surface area contributed by atoms with Crippen LogP contribution >= 0.6 is 0 Å². The largest absolute Gasteiger partial charge is 0.480 e. The molecule has 0 saturated carbocycles. The summed E-state index contributed by atoms with van der Waals surface area (Å²) in [5, 5.41) is 22.4. The number of rotatable bonds is 34. The molecule has 0 radical (unpaired) electrons. The maximum Gasteiger partial charge on any atom is 0.328 e. The van der Waals surface area contributed by atoms with Crippen molar-refractivity contribution < 1.29 is 34.1 Å². The number of allylic oxidation sites excluding steroid dienone is 2. The Kier molecular flexibility index (Phi) is 31.8. The van der Waals surface area contributed by atoms with Gasteiger partial charge in [0.15, 0.2) is 0 Å². The van der Waals surface area contributed by atoms with Gasteiger partial charge in [0.2, 0.25) is 11.8 Å². The first-order valence-corrected chi connectivity index (χ1v) is 19.1. The van der Waals surface area contributed by atoms with Gasteiger partial charge in [-0.05, 0) is 57.8 Å². The van der Waals surface area contributed by atoms with E-state index < -0.39 is 24.5 Å². The highest BCUT2D eigenvalue weighted by Crippen LogP contribution is 2.17. The van der Waals surface area contributed by atoms with Gasteiger partial charge in [0, 0.05) is 12.8 Å². The molecule has 4 N–H and O–H groups in total. The summed E-state index contributed by atoms with van der Waals surface area (Å²) >= 11 is 0. The molecule has 274 valence electrons. The number of carboxylic acid groups (broad SMARTS) is 1. The Hall–Kier alpha value is -2.42. The normalized spacial score (nSPS) is 12.6. The third-order valence-electron chi connectivity index (χ3n) is 8.51. The topological polar surface area (TPSA) is 142 Å². The maximum absolute atomic E-state index is 12.5. The van der Waals surface area contributed by atoms with E-state index in [2.05, 4.69) is 36.6 Å². The Labute approximate surface area is 286 Å². The van der Waals surface area contributed by atoms with Crippen molar-refractivity contribution in [3.8, 4) is 0 Å². The van der Waals surface area contributed by atoms with Gasteiger partial charge in [0.05, 0.1) is 13.2 Å². The zero-order valence-corrected chi connectivity index (χ0v) is 30.0. The molecule has 2 amide bonds. The van der Waals surface area contributed by atoms with Crippen LogP contribution in [0.15, 0.2) is 12.2 Å². The molecule has 0 saturated heterocycles. The smallest absolute Gasteiger partial charge is 0.328 e. The van der Waals surface area contributed by atoms with Crippen LogP contribution in [0.25, 0.3) is 0 Å². The van der Waals surface area contributed by atoms with Crippen molar-refractivity contribution in [1.29, 1.82) is 0 Å². The highest BCUT2D eigenvalue weighted by Gasteiger charge is 2.19. The summed E-state index contributed by atoms with van der Waals surface area (Å²) in [5.74, 6) is -2.40. The van der Waals surface area contributed by atoms with E-state index in [0.717, 1.165) is 51.4 Å². The van der Waals surface area contributed by atoms with Gasteiger partial charge in [-0.3, -0.25) is 14.4 Å².